The summed E-state index contributed by atoms with van der Waals surface area (Å²) in [4.78, 5) is 12.6. The summed E-state index contributed by atoms with van der Waals surface area (Å²) in [5.74, 6) is -1.67. The van der Waals surface area contributed by atoms with Crippen LogP contribution in [0.1, 0.15) is 31.1 Å². The van der Waals surface area contributed by atoms with Gasteiger partial charge in [0.25, 0.3) is 0 Å². The first-order valence-electron chi connectivity index (χ1n) is 5.68. The molecule has 1 aromatic rings. The number of halogens is 1. The zero-order valence-electron chi connectivity index (χ0n) is 10.9. The maximum atomic E-state index is 14.0. The normalized spacial score (nSPS) is 11.1. The summed E-state index contributed by atoms with van der Waals surface area (Å²) >= 11 is 0. The molecule has 0 aromatic heterocycles. The van der Waals surface area contributed by atoms with Crippen LogP contribution in [0.4, 0.5) is 10.1 Å². The van der Waals surface area contributed by atoms with Gasteiger partial charge in [-0.15, -0.1) is 6.58 Å². The number of aromatic carboxylic acids is 1. The first-order valence-corrected chi connectivity index (χ1v) is 5.68. The van der Waals surface area contributed by atoms with Crippen LogP contribution in [0.15, 0.2) is 30.9 Å². The van der Waals surface area contributed by atoms with Crippen LogP contribution in [0, 0.1) is 5.82 Å². The Bertz CT molecular complexity index is 463. The number of carbonyl (C=O) groups is 1. The quantitative estimate of drug-likeness (QED) is 0.834. The third-order valence-electron chi connectivity index (χ3n) is 2.61. The molecule has 0 aliphatic rings. The maximum absolute atomic E-state index is 14.0. The Hall–Kier alpha value is -1.84. The minimum atomic E-state index is -1.13. The van der Waals surface area contributed by atoms with E-state index in [2.05, 4.69) is 6.58 Å². The van der Waals surface area contributed by atoms with Gasteiger partial charge >= 0.3 is 5.97 Å². The van der Waals surface area contributed by atoms with Gasteiger partial charge in [-0.25, -0.2) is 9.18 Å². The van der Waals surface area contributed by atoms with Crippen LogP contribution in [0.25, 0.3) is 0 Å². The van der Waals surface area contributed by atoms with Crippen LogP contribution in [0.3, 0.4) is 0 Å². The molecule has 4 heteroatoms. The highest BCUT2D eigenvalue weighted by molar-refractivity contribution is 5.88. The summed E-state index contributed by atoms with van der Waals surface area (Å²) in [6, 6.07) is 3.94. The molecule has 3 nitrogen and oxygen atoms in total. The molecular formula is C14H18FNO2. The Labute approximate surface area is 107 Å². The lowest BCUT2D eigenvalue weighted by atomic mass is 10.0. The number of anilines is 1. The highest BCUT2D eigenvalue weighted by atomic mass is 19.1. The lowest BCUT2D eigenvalue weighted by Crippen LogP contribution is -2.42. The van der Waals surface area contributed by atoms with Crippen molar-refractivity contribution in [2.45, 2.75) is 26.3 Å². The van der Waals surface area contributed by atoms with Crippen molar-refractivity contribution < 1.29 is 14.3 Å². The van der Waals surface area contributed by atoms with Gasteiger partial charge in [-0.2, -0.15) is 0 Å². The van der Waals surface area contributed by atoms with E-state index in [-0.39, 0.29) is 11.1 Å². The predicted molar refractivity (Wildman–Crippen MR) is 70.7 cm³/mol. The molecule has 0 aliphatic carbocycles. The Morgan fingerprint density at radius 3 is 2.50 bits per heavy atom. The van der Waals surface area contributed by atoms with E-state index in [1.54, 1.807) is 6.08 Å². The summed E-state index contributed by atoms with van der Waals surface area (Å²) < 4.78 is 14.0. The van der Waals surface area contributed by atoms with Crippen LogP contribution in [-0.2, 0) is 0 Å². The first-order chi connectivity index (χ1) is 8.27. The molecule has 1 N–H and O–H groups in total. The van der Waals surface area contributed by atoms with Crippen molar-refractivity contribution in [2.24, 2.45) is 0 Å². The fourth-order valence-electron chi connectivity index (χ4n) is 1.72. The summed E-state index contributed by atoms with van der Waals surface area (Å²) in [7, 11) is 0. The van der Waals surface area contributed by atoms with Gasteiger partial charge < -0.3 is 10.0 Å². The summed E-state index contributed by atoms with van der Waals surface area (Å²) in [5, 5.41) is 8.81. The van der Waals surface area contributed by atoms with Crippen molar-refractivity contribution in [2.75, 3.05) is 11.4 Å². The minimum Gasteiger partial charge on any atom is -0.478 e. The van der Waals surface area contributed by atoms with Crippen LogP contribution in [0.2, 0.25) is 0 Å². The second-order valence-electron chi connectivity index (χ2n) is 5.04. The van der Waals surface area contributed by atoms with E-state index in [0.29, 0.717) is 12.2 Å². The zero-order chi connectivity index (χ0) is 13.9. The number of carboxylic acid groups (broad SMARTS) is 1. The second kappa shape index (κ2) is 5.21. The lowest BCUT2D eigenvalue weighted by molar-refractivity contribution is 0.0696. The predicted octanol–water partition coefficient (Wildman–Crippen LogP) is 3.31. The Balaban J connectivity index is 3.22. The molecule has 18 heavy (non-hydrogen) atoms. The molecule has 0 fully saturated rings. The molecule has 0 saturated carbocycles. The van der Waals surface area contributed by atoms with Gasteiger partial charge in [0.15, 0.2) is 0 Å². The van der Waals surface area contributed by atoms with Crippen molar-refractivity contribution in [3.8, 4) is 0 Å². The molecule has 1 rings (SSSR count). The molecule has 0 spiro atoms. The number of benzene rings is 1. The zero-order valence-corrected chi connectivity index (χ0v) is 10.9. The van der Waals surface area contributed by atoms with E-state index in [0.717, 1.165) is 6.07 Å². The average Bonchev–Trinajstić information content (AvgIpc) is 2.24. The van der Waals surface area contributed by atoms with Crippen molar-refractivity contribution in [3.05, 3.63) is 42.2 Å². The van der Waals surface area contributed by atoms with Crippen LogP contribution >= 0.6 is 0 Å². The van der Waals surface area contributed by atoms with Crippen molar-refractivity contribution in [1.29, 1.82) is 0 Å². The highest BCUT2D eigenvalue weighted by Crippen LogP contribution is 2.27. The number of carboxylic acids is 1. The van der Waals surface area contributed by atoms with Gasteiger partial charge in [0.1, 0.15) is 5.82 Å². The smallest absolute Gasteiger partial charge is 0.335 e. The van der Waals surface area contributed by atoms with Crippen LogP contribution < -0.4 is 4.90 Å². The van der Waals surface area contributed by atoms with Gasteiger partial charge in [0, 0.05) is 12.1 Å². The molecule has 1 aromatic carbocycles. The molecule has 0 saturated heterocycles. The highest BCUT2D eigenvalue weighted by Gasteiger charge is 2.23. The van der Waals surface area contributed by atoms with E-state index >= 15 is 0 Å². The number of hydrogen-bond donors (Lipinski definition) is 1. The van der Waals surface area contributed by atoms with Crippen molar-refractivity contribution in [1.82, 2.24) is 0 Å². The van der Waals surface area contributed by atoms with E-state index in [4.69, 9.17) is 5.11 Å². The molecule has 0 bridgehead atoms. The fraction of sp³-hybridized carbons (Fsp3) is 0.357. The largest absolute Gasteiger partial charge is 0.478 e. The van der Waals surface area contributed by atoms with Gasteiger partial charge in [-0.3, -0.25) is 0 Å². The fourth-order valence-corrected chi connectivity index (χ4v) is 1.72. The number of nitrogens with zero attached hydrogens (tertiary/aromatic N) is 1. The summed E-state index contributed by atoms with van der Waals surface area (Å²) in [5.41, 5.74) is 0.0517. The minimum absolute atomic E-state index is 0.0521. The van der Waals surface area contributed by atoms with E-state index in [1.807, 2.05) is 25.7 Å². The molecule has 0 radical (unpaired) electrons. The van der Waals surface area contributed by atoms with Crippen LogP contribution in [-0.4, -0.2) is 23.2 Å². The number of hydrogen-bond acceptors (Lipinski definition) is 2. The summed E-state index contributed by atoms with van der Waals surface area (Å²) in [6.07, 6.45) is 1.69. The van der Waals surface area contributed by atoms with Gasteiger partial charge in [-0.05, 0) is 39.0 Å². The Morgan fingerprint density at radius 1 is 1.50 bits per heavy atom. The third-order valence-corrected chi connectivity index (χ3v) is 2.61. The van der Waals surface area contributed by atoms with Gasteiger partial charge in [0.05, 0.1) is 11.3 Å². The third kappa shape index (κ3) is 3.09. The first kappa shape index (κ1) is 14.2. The Morgan fingerprint density at radius 2 is 2.11 bits per heavy atom. The molecule has 0 amide bonds. The molecule has 0 heterocycles. The Kier molecular flexibility index (Phi) is 4.11. The standard InChI is InChI=1S/C14H18FNO2/c1-5-8-16(14(2,3)4)12-7-6-10(13(17)18)9-11(12)15/h5-7,9H,1,8H2,2-4H3,(H,17,18). The van der Waals surface area contributed by atoms with Crippen LogP contribution in [0.5, 0.6) is 0 Å². The van der Waals surface area contributed by atoms with E-state index in [1.165, 1.54) is 12.1 Å². The van der Waals surface area contributed by atoms with Crippen molar-refractivity contribution in [3.63, 3.8) is 0 Å². The maximum Gasteiger partial charge on any atom is 0.335 e. The molecule has 0 unspecified atom stereocenters. The van der Waals surface area contributed by atoms with Crippen molar-refractivity contribution >= 4 is 11.7 Å². The number of rotatable bonds is 4. The second-order valence-corrected chi connectivity index (χ2v) is 5.04. The van der Waals surface area contributed by atoms with E-state index in [9.17, 15) is 9.18 Å². The molecule has 98 valence electrons. The summed E-state index contributed by atoms with van der Waals surface area (Å²) in [6.45, 7) is 10.0. The topological polar surface area (TPSA) is 40.5 Å². The molecule has 0 atom stereocenters. The average molecular weight is 251 g/mol. The van der Waals surface area contributed by atoms with Gasteiger partial charge in [-0.1, -0.05) is 6.08 Å². The monoisotopic (exact) mass is 251 g/mol. The van der Waals surface area contributed by atoms with E-state index < -0.39 is 11.8 Å². The molecule has 0 aliphatic heterocycles. The van der Waals surface area contributed by atoms with Gasteiger partial charge in [0.2, 0.25) is 0 Å². The molecular weight excluding hydrogens is 233 g/mol. The SMILES string of the molecule is C=CCN(c1ccc(C(=O)O)cc1F)C(C)(C)C. The lowest BCUT2D eigenvalue weighted by Gasteiger charge is -2.37.